The van der Waals surface area contributed by atoms with E-state index in [0.717, 1.165) is 30.5 Å². The van der Waals surface area contributed by atoms with E-state index in [2.05, 4.69) is 23.5 Å². The third-order valence-electron chi connectivity index (χ3n) is 6.44. The first-order chi connectivity index (χ1) is 10.9. The van der Waals surface area contributed by atoms with Crippen LogP contribution in [0.5, 0.6) is 0 Å². The molecule has 2 atom stereocenters. The smallest absolute Gasteiger partial charge is 0.0994 e. The predicted octanol–water partition coefficient (Wildman–Crippen LogP) is 4.32. The van der Waals surface area contributed by atoms with Gasteiger partial charge in [0.2, 0.25) is 0 Å². The largest absolute Gasteiger partial charge is 0.317 e. The molecule has 0 aromatic heterocycles. The van der Waals surface area contributed by atoms with Crippen molar-refractivity contribution >= 4 is 0 Å². The number of rotatable bonds is 2. The molecule has 2 unspecified atom stereocenters. The summed E-state index contributed by atoms with van der Waals surface area (Å²) in [6, 6.07) is 8.98. The van der Waals surface area contributed by atoms with Crippen LogP contribution in [0.1, 0.15) is 73.5 Å². The Kier molecular flexibility index (Phi) is 3.92. The number of hydrogen-bond donors (Lipinski definition) is 1. The molecule has 1 saturated heterocycles. The lowest BCUT2D eigenvalue weighted by atomic mass is 9.80. The fourth-order valence-electron chi connectivity index (χ4n) is 5.42. The Morgan fingerprint density at radius 3 is 2.36 bits per heavy atom. The predicted molar refractivity (Wildman–Crippen MR) is 88.8 cm³/mol. The Morgan fingerprint density at radius 2 is 1.68 bits per heavy atom. The summed E-state index contributed by atoms with van der Waals surface area (Å²) in [5.74, 6) is 3.19. The summed E-state index contributed by atoms with van der Waals surface area (Å²) in [5.41, 5.74) is 3.90. The Labute approximate surface area is 133 Å². The first kappa shape index (κ1) is 14.3. The standard InChI is InChI=1S/C20H26N2/c21-13-17-5-2-6-19(14-7-9-22-10-8-14)20(17)18-11-15-3-1-4-16(15)12-18/h2,5-6,14-16,18,22H,1,3-4,7-12H2. The van der Waals surface area contributed by atoms with Gasteiger partial charge in [0, 0.05) is 0 Å². The molecule has 2 nitrogen and oxygen atoms in total. The van der Waals surface area contributed by atoms with Gasteiger partial charge in [-0.25, -0.2) is 0 Å². The summed E-state index contributed by atoms with van der Waals surface area (Å²) >= 11 is 0. The summed E-state index contributed by atoms with van der Waals surface area (Å²) in [6.45, 7) is 2.24. The van der Waals surface area contributed by atoms with Crippen molar-refractivity contribution in [3.8, 4) is 6.07 Å². The van der Waals surface area contributed by atoms with E-state index in [9.17, 15) is 5.26 Å². The second-order valence-electron chi connectivity index (χ2n) is 7.56. The lowest BCUT2D eigenvalue weighted by Crippen LogP contribution is -2.27. The molecule has 2 saturated carbocycles. The zero-order chi connectivity index (χ0) is 14.9. The van der Waals surface area contributed by atoms with Gasteiger partial charge in [-0.1, -0.05) is 31.4 Å². The summed E-state index contributed by atoms with van der Waals surface area (Å²) in [4.78, 5) is 0. The van der Waals surface area contributed by atoms with Crippen molar-refractivity contribution < 1.29 is 0 Å². The number of nitrogens with zero attached hydrogens (tertiary/aromatic N) is 1. The van der Waals surface area contributed by atoms with Crippen LogP contribution in [0.3, 0.4) is 0 Å². The van der Waals surface area contributed by atoms with Crippen LogP contribution >= 0.6 is 0 Å². The van der Waals surface area contributed by atoms with Crippen LogP contribution in [0.25, 0.3) is 0 Å². The van der Waals surface area contributed by atoms with Crippen LogP contribution in [0.15, 0.2) is 18.2 Å². The molecule has 3 fully saturated rings. The molecule has 1 aliphatic heterocycles. The van der Waals surface area contributed by atoms with Crippen LogP contribution in [0.4, 0.5) is 0 Å². The van der Waals surface area contributed by atoms with E-state index in [-0.39, 0.29) is 0 Å². The number of benzene rings is 1. The fraction of sp³-hybridized carbons (Fsp3) is 0.650. The molecule has 4 rings (SSSR count). The van der Waals surface area contributed by atoms with Crippen LogP contribution in [0.2, 0.25) is 0 Å². The van der Waals surface area contributed by atoms with E-state index in [1.165, 1.54) is 56.1 Å². The average Bonchev–Trinajstić information content (AvgIpc) is 3.16. The molecule has 0 spiro atoms. The molecule has 22 heavy (non-hydrogen) atoms. The Morgan fingerprint density at radius 1 is 0.955 bits per heavy atom. The van der Waals surface area contributed by atoms with Crippen LogP contribution in [-0.2, 0) is 0 Å². The first-order valence-corrected chi connectivity index (χ1v) is 9.10. The SMILES string of the molecule is N#Cc1cccc(C2CCNCC2)c1C1CC2CCCC2C1. The normalized spacial score (nSPS) is 31.9. The highest BCUT2D eigenvalue weighted by Gasteiger charge is 2.39. The molecule has 0 bridgehead atoms. The molecule has 1 N–H and O–H groups in total. The Bertz CT molecular complexity index is 568. The topological polar surface area (TPSA) is 35.8 Å². The molecule has 116 valence electrons. The fourth-order valence-corrected chi connectivity index (χ4v) is 5.42. The molecule has 1 aromatic rings. The minimum atomic E-state index is 0.649. The molecule has 1 aromatic carbocycles. The van der Waals surface area contributed by atoms with Crippen molar-refractivity contribution in [3.05, 3.63) is 34.9 Å². The van der Waals surface area contributed by atoms with Crippen molar-refractivity contribution in [1.29, 1.82) is 5.26 Å². The summed E-state index contributed by atoms with van der Waals surface area (Å²) in [6.07, 6.45) is 9.41. The molecule has 0 amide bonds. The second kappa shape index (κ2) is 6.05. The van der Waals surface area contributed by atoms with Crippen molar-refractivity contribution in [2.45, 2.75) is 56.8 Å². The molecule has 2 aliphatic carbocycles. The molecular weight excluding hydrogens is 268 g/mol. The van der Waals surface area contributed by atoms with Gasteiger partial charge in [0.25, 0.3) is 0 Å². The van der Waals surface area contributed by atoms with Gasteiger partial charge in [-0.3, -0.25) is 0 Å². The summed E-state index contributed by atoms with van der Waals surface area (Å²) in [7, 11) is 0. The molecule has 0 radical (unpaired) electrons. The summed E-state index contributed by atoms with van der Waals surface area (Å²) in [5, 5.41) is 13.1. The highest BCUT2D eigenvalue weighted by atomic mass is 14.9. The van der Waals surface area contributed by atoms with Gasteiger partial charge in [-0.05, 0) is 79.6 Å². The van der Waals surface area contributed by atoms with E-state index < -0.39 is 0 Å². The Balaban J connectivity index is 1.69. The highest BCUT2D eigenvalue weighted by Crippen LogP contribution is 2.52. The third kappa shape index (κ3) is 2.46. The van der Waals surface area contributed by atoms with Gasteiger partial charge in [-0.15, -0.1) is 0 Å². The number of hydrogen-bond acceptors (Lipinski definition) is 2. The van der Waals surface area contributed by atoms with Crippen molar-refractivity contribution in [3.63, 3.8) is 0 Å². The molecule has 2 heteroatoms. The Hall–Kier alpha value is -1.33. The van der Waals surface area contributed by atoms with E-state index in [1.807, 2.05) is 6.07 Å². The van der Waals surface area contributed by atoms with Gasteiger partial charge in [0.05, 0.1) is 11.6 Å². The zero-order valence-electron chi connectivity index (χ0n) is 13.4. The zero-order valence-corrected chi connectivity index (χ0v) is 13.4. The number of piperidine rings is 1. The van der Waals surface area contributed by atoms with Gasteiger partial charge >= 0.3 is 0 Å². The van der Waals surface area contributed by atoms with Gasteiger partial charge in [0.1, 0.15) is 0 Å². The number of fused-ring (bicyclic) bond motifs is 1. The van der Waals surface area contributed by atoms with E-state index in [0.29, 0.717) is 11.8 Å². The van der Waals surface area contributed by atoms with Crippen LogP contribution in [-0.4, -0.2) is 13.1 Å². The lowest BCUT2D eigenvalue weighted by Gasteiger charge is -2.28. The maximum Gasteiger partial charge on any atom is 0.0994 e. The second-order valence-corrected chi connectivity index (χ2v) is 7.56. The van der Waals surface area contributed by atoms with E-state index in [1.54, 1.807) is 0 Å². The first-order valence-electron chi connectivity index (χ1n) is 9.10. The average molecular weight is 294 g/mol. The quantitative estimate of drug-likeness (QED) is 0.881. The van der Waals surface area contributed by atoms with Gasteiger partial charge in [0.15, 0.2) is 0 Å². The summed E-state index contributed by atoms with van der Waals surface area (Å²) < 4.78 is 0. The molecule has 1 heterocycles. The van der Waals surface area contributed by atoms with E-state index >= 15 is 0 Å². The van der Waals surface area contributed by atoms with Crippen molar-refractivity contribution in [1.82, 2.24) is 5.32 Å². The minimum absolute atomic E-state index is 0.649. The van der Waals surface area contributed by atoms with Crippen molar-refractivity contribution in [2.75, 3.05) is 13.1 Å². The lowest BCUT2D eigenvalue weighted by molar-refractivity contribution is 0.454. The maximum atomic E-state index is 9.64. The maximum absolute atomic E-state index is 9.64. The van der Waals surface area contributed by atoms with Gasteiger partial charge < -0.3 is 5.32 Å². The molecule has 3 aliphatic rings. The number of nitrogens with one attached hydrogen (secondary N) is 1. The monoisotopic (exact) mass is 294 g/mol. The molecular formula is C20H26N2. The van der Waals surface area contributed by atoms with E-state index in [4.69, 9.17) is 0 Å². The van der Waals surface area contributed by atoms with Crippen LogP contribution < -0.4 is 5.32 Å². The number of nitriles is 1. The minimum Gasteiger partial charge on any atom is -0.317 e. The third-order valence-corrected chi connectivity index (χ3v) is 6.44. The van der Waals surface area contributed by atoms with Gasteiger partial charge in [-0.2, -0.15) is 5.26 Å². The van der Waals surface area contributed by atoms with Crippen LogP contribution in [0, 0.1) is 23.2 Å². The van der Waals surface area contributed by atoms with Crippen molar-refractivity contribution in [2.24, 2.45) is 11.8 Å². The highest BCUT2D eigenvalue weighted by molar-refractivity contribution is 5.47.